The van der Waals surface area contributed by atoms with Crippen LogP contribution in [0.5, 0.6) is 0 Å². The minimum atomic E-state index is -0.624. The number of rotatable bonds is 0. The summed E-state index contributed by atoms with van der Waals surface area (Å²) in [6.45, 7) is 0. The van der Waals surface area contributed by atoms with Crippen LogP contribution in [-0.2, 0) is 0 Å². The molecule has 104 valence electrons. The van der Waals surface area contributed by atoms with Crippen LogP contribution in [0.25, 0.3) is 44.1 Å². The second kappa shape index (κ2) is 3.74. The molecular weight excluding hydrogens is 276 g/mol. The normalized spacial score (nSPS) is 12.0. The molecule has 3 aromatic carbocycles. The summed E-state index contributed by atoms with van der Waals surface area (Å²) in [5.74, 6) is 0. The first-order valence-electron chi connectivity index (χ1n) is 7.05. The second-order valence-corrected chi connectivity index (χ2v) is 5.56. The first-order chi connectivity index (χ1) is 10.7. The Morgan fingerprint density at radius 3 is 1.64 bits per heavy atom. The van der Waals surface area contributed by atoms with Crippen molar-refractivity contribution in [2.75, 3.05) is 0 Å². The van der Waals surface area contributed by atoms with Gasteiger partial charge in [-0.3, -0.25) is 9.59 Å². The maximum atomic E-state index is 11.5. The van der Waals surface area contributed by atoms with Gasteiger partial charge in [-0.1, -0.05) is 36.4 Å². The van der Waals surface area contributed by atoms with Crippen molar-refractivity contribution < 1.29 is 0 Å². The van der Waals surface area contributed by atoms with E-state index in [0.29, 0.717) is 11.0 Å². The number of nitrogens with one attached hydrogen (secondary N) is 2. The van der Waals surface area contributed by atoms with Crippen LogP contribution in [0.15, 0.2) is 58.1 Å². The topological polar surface area (TPSA) is 65.7 Å². The van der Waals surface area contributed by atoms with Crippen LogP contribution in [-0.4, -0.2) is 9.97 Å². The highest BCUT2D eigenvalue weighted by Gasteiger charge is 2.21. The predicted octanol–water partition coefficient (Wildman–Crippen LogP) is 3.02. The zero-order valence-corrected chi connectivity index (χ0v) is 11.4. The van der Waals surface area contributed by atoms with E-state index in [1.54, 1.807) is 0 Å². The lowest BCUT2D eigenvalue weighted by Crippen LogP contribution is -2.28. The number of H-pyrrole nitrogens is 2. The Morgan fingerprint density at radius 2 is 1.14 bits per heavy atom. The van der Waals surface area contributed by atoms with Crippen LogP contribution in [0.2, 0.25) is 0 Å². The van der Waals surface area contributed by atoms with E-state index in [9.17, 15) is 9.59 Å². The van der Waals surface area contributed by atoms with Crippen LogP contribution in [0, 0.1) is 0 Å². The molecular formula is C18H10N2O2. The average molecular weight is 286 g/mol. The highest BCUT2D eigenvalue weighted by molar-refractivity contribution is 6.16. The molecule has 0 amide bonds. The van der Waals surface area contributed by atoms with Gasteiger partial charge in [-0.05, 0) is 45.2 Å². The van der Waals surface area contributed by atoms with E-state index in [2.05, 4.69) is 34.2 Å². The Labute approximate surface area is 124 Å². The van der Waals surface area contributed by atoms with Crippen LogP contribution >= 0.6 is 0 Å². The maximum Gasteiger partial charge on any atom is 0.314 e. The van der Waals surface area contributed by atoms with E-state index in [4.69, 9.17) is 0 Å². The lowest BCUT2D eigenvalue weighted by molar-refractivity contribution is 1.15. The van der Waals surface area contributed by atoms with Gasteiger partial charge in [0.2, 0.25) is 0 Å². The average Bonchev–Trinajstić information content (AvgIpc) is 2.83. The number of benzene rings is 3. The summed E-state index contributed by atoms with van der Waals surface area (Å²) in [5.41, 5.74) is 4.54. The largest absolute Gasteiger partial charge is 0.316 e. The van der Waals surface area contributed by atoms with E-state index in [1.807, 2.05) is 24.3 Å². The number of fused-ring (bicyclic) bond motifs is 4. The van der Waals surface area contributed by atoms with Crippen molar-refractivity contribution >= 4 is 21.8 Å². The molecule has 1 heterocycles. The van der Waals surface area contributed by atoms with E-state index >= 15 is 0 Å². The summed E-state index contributed by atoms with van der Waals surface area (Å²) < 4.78 is 0. The molecule has 2 N–H and O–H groups in total. The molecule has 0 spiro atoms. The quantitative estimate of drug-likeness (QED) is 0.430. The van der Waals surface area contributed by atoms with E-state index in [1.165, 1.54) is 10.8 Å². The number of aromatic amines is 2. The fourth-order valence-electron chi connectivity index (χ4n) is 3.40. The number of hydrogen-bond donors (Lipinski definition) is 2. The summed E-state index contributed by atoms with van der Waals surface area (Å²) in [7, 11) is 0. The van der Waals surface area contributed by atoms with Gasteiger partial charge in [0.25, 0.3) is 0 Å². The van der Waals surface area contributed by atoms with Gasteiger partial charge < -0.3 is 9.97 Å². The van der Waals surface area contributed by atoms with Crippen LogP contribution in [0.1, 0.15) is 0 Å². The van der Waals surface area contributed by atoms with Crippen molar-refractivity contribution in [2.45, 2.75) is 0 Å². The maximum absolute atomic E-state index is 11.5. The molecule has 0 fully saturated rings. The minimum absolute atomic E-state index is 0.624. The van der Waals surface area contributed by atoms with Gasteiger partial charge in [0, 0.05) is 0 Å². The van der Waals surface area contributed by atoms with E-state index in [0.717, 1.165) is 22.3 Å². The van der Waals surface area contributed by atoms with Gasteiger partial charge >= 0.3 is 11.1 Å². The summed E-state index contributed by atoms with van der Waals surface area (Å²) in [5, 5.41) is 2.41. The van der Waals surface area contributed by atoms with Gasteiger partial charge in [0.1, 0.15) is 0 Å². The summed E-state index contributed by atoms with van der Waals surface area (Å²) >= 11 is 0. The molecule has 0 unspecified atom stereocenters. The Bertz CT molecular complexity index is 1120. The minimum Gasteiger partial charge on any atom is -0.316 e. The van der Waals surface area contributed by atoms with Crippen molar-refractivity contribution in [1.82, 2.24) is 9.97 Å². The summed E-state index contributed by atoms with van der Waals surface area (Å²) in [6.07, 6.45) is 0. The van der Waals surface area contributed by atoms with Gasteiger partial charge in [-0.2, -0.15) is 0 Å². The van der Waals surface area contributed by atoms with Gasteiger partial charge in [0.05, 0.1) is 11.0 Å². The predicted molar refractivity (Wildman–Crippen MR) is 87.1 cm³/mol. The molecule has 1 aliphatic rings. The highest BCUT2D eigenvalue weighted by Crippen LogP contribution is 2.47. The molecule has 0 saturated heterocycles. The van der Waals surface area contributed by atoms with E-state index in [-0.39, 0.29) is 0 Å². The van der Waals surface area contributed by atoms with Crippen molar-refractivity contribution in [1.29, 1.82) is 0 Å². The smallest absolute Gasteiger partial charge is 0.314 e. The molecule has 0 saturated carbocycles. The molecule has 1 aromatic heterocycles. The molecule has 1 aliphatic carbocycles. The highest BCUT2D eigenvalue weighted by atomic mass is 16.2. The van der Waals surface area contributed by atoms with Crippen LogP contribution in [0.3, 0.4) is 0 Å². The third-order valence-corrected chi connectivity index (χ3v) is 4.35. The zero-order chi connectivity index (χ0) is 14.8. The summed E-state index contributed by atoms with van der Waals surface area (Å²) in [6, 6.07) is 16.3. The molecule has 4 heteroatoms. The van der Waals surface area contributed by atoms with Crippen molar-refractivity contribution in [2.24, 2.45) is 0 Å². The monoisotopic (exact) mass is 286 g/mol. The lowest BCUT2D eigenvalue weighted by Gasteiger charge is -2.04. The third-order valence-electron chi connectivity index (χ3n) is 4.35. The van der Waals surface area contributed by atoms with Gasteiger partial charge in [-0.15, -0.1) is 0 Å². The Hall–Kier alpha value is -3.14. The van der Waals surface area contributed by atoms with Gasteiger partial charge in [0.15, 0.2) is 0 Å². The molecule has 4 aromatic rings. The molecule has 0 bridgehead atoms. The molecule has 0 atom stereocenters. The number of aromatic nitrogens is 2. The van der Waals surface area contributed by atoms with Crippen LogP contribution in [0.4, 0.5) is 0 Å². The Balaban J connectivity index is 2.01. The Kier molecular flexibility index (Phi) is 1.96. The molecule has 0 aliphatic heterocycles. The molecule has 22 heavy (non-hydrogen) atoms. The van der Waals surface area contributed by atoms with Gasteiger partial charge in [-0.25, -0.2) is 0 Å². The standard InChI is InChI=1S/C18H10N2O2/c21-17-18(22)20-15-8-13-11-6-2-4-9-3-1-5-10(16(9)11)12(13)7-14(15)19-17/h1-8H,(H,19,21)(H,20,22). The summed E-state index contributed by atoms with van der Waals surface area (Å²) in [4.78, 5) is 28.4. The van der Waals surface area contributed by atoms with Crippen molar-refractivity contribution in [3.05, 3.63) is 69.2 Å². The molecule has 5 rings (SSSR count). The first-order valence-corrected chi connectivity index (χ1v) is 7.05. The van der Waals surface area contributed by atoms with Crippen molar-refractivity contribution in [3.8, 4) is 22.3 Å². The Morgan fingerprint density at radius 1 is 0.636 bits per heavy atom. The van der Waals surface area contributed by atoms with E-state index < -0.39 is 11.1 Å². The SMILES string of the molecule is O=c1[nH]c2cc3c(cc2[nH]c1=O)-c1cccc2cccc-3c12. The third kappa shape index (κ3) is 1.31. The number of hydrogen-bond acceptors (Lipinski definition) is 2. The fraction of sp³-hybridized carbons (Fsp3) is 0. The molecule has 0 radical (unpaired) electrons. The lowest BCUT2D eigenvalue weighted by atomic mass is 10.0. The van der Waals surface area contributed by atoms with Crippen LogP contribution < -0.4 is 11.1 Å². The zero-order valence-electron chi connectivity index (χ0n) is 11.4. The molecule has 4 nitrogen and oxygen atoms in total. The first kappa shape index (κ1) is 11.5. The van der Waals surface area contributed by atoms with Crippen molar-refractivity contribution in [3.63, 3.8) is 0 Å². The fourth-order valence-corrected chi connectivity index (χ4v) is 3.40. The second-order valence-electron chi connectivity index (χ2n) is 5.56.